The second-order valence-corrected chi connectivity index (χ2v) is 3.56. The smallest absolute Gasteiger partial charge is 0.202 e. The summed E-state index contributed by atoms with van der Waals surface area (Å²) in [6.45, 7) is 0.416. The molecule has 1 aromatic rings. The van der Waals surface area contributed by atoms with E-state index >= 15 is 0 Å². The van der Waals surface area contributed by atoms with Crippen LogP contribution in [0.3, 0.4) is 0 Å². The quantitative estimate of drug-likeness (QED) is 0.848. The molecular weight excluding hydrogens is 256 g/mol. The lowest BCUT2D eigenvalue weighted by molar-refractivity contribution is 0.365. The molecule has 0 bridgehead atoms. The Labute approximate surface area is 89.4 Å². The second-order valence-electron chi connectivity index (χ2n) is 2.71. The summed E-state index contributed by atoms with van der Waals surface area (Å²) in [4.78, 5) is 0. The molecule has 0 aromatic heterocycles. The number of nitrogens with one attached hydrogen (secondary N) is 1. The van der Waals surface area contributed by atoms with E-state index in [9.17, 15) is 8.78 Å². The molecule has 1 aromatic carbocycles. The van der Waals surface area contributed by atoms with Crippen LogP contribution in [0.25, 0.3) is 0 Å². The zero-order chi connectivity index (χ0) is 10.7. The Bertz CT molecular complexity index is 344. The largest absolute Gasteiger partial charge is 0.493 e. The van der Waals surface area contributed by atoms with E-state index in [0.717, 1.165) is 0 Å². The highest BCUT2D eigenvalue weighted by atomic mass is 79.9. The Kier molecular flexibility index (Phi) is 3.83. The van der Waals surface area contributed by atoms with Crippen molar-refractivity contribution in [1.29, 1.82) is 0 Å². The van der Waals surface area contributed by atoms with Gasteiger partial charge in [-0.3, -0.25) is 0 Å². The summed E-state index contributed by atoms with van der Waals surface area (Å²) in [5.41, 5.74) is 0.570. The van der Waals surface area contributed by atoms with Crippen molar-refractivity contribution in [2.75, 3.05) is 14.2 Å². The van der Waals surface area contributed by atoms with Crippen molar-refractivity contribution in [2.45, 2.75) is 6.54 Å². The zero-order valence-corrected chi connectivity index (χ0v) is 9.41. The normalized spacial score (nSPS) is 10.4. The maximum Gasteiger partial charge on any atom is 0.202 e. The van der Waals surface area contributed by atoms with Crippen molar-refractivity contribution in [2.24, 2.45) is 0 Å². The van der Waals surface area contributed by atoms with Crippen LogP contribution in [0.4, 0.5) is 8.78 Å². The molecule has 0 aliphatic carbocycles. The summed E-state index contributed by atoms with van der Waals surface area (Å²) in [5.74, 6) is -1.95. The number of rotatable bonds is 3. The van der Waals surface area contributed by atoms with Crippen LogP contribution < -0.4 is 10.1 Å². The second kappa shape index (κ2) is 4.70. The van der Waals surface area contributed by atoms with Crippen LogP contribution in [0.2, 0.25) is 0 Å². The molecule has 1 rings (SSSR count). The molecule has 0 heterocycles. The fraction of sp³-hybridized carbons (Fsp3) is 0.333. The van der Waals surface area contributed by atoms with E-state index in [1.165, 1.54) is 13.2 Å². The average molecular weight is 266 g/mol. The third-order valence-electron chi connectivity index (χ3n) is 1.77. The van der Waals surface area contributed by atoms with E-state index in [1.807, 2.05) is 0 Å². The fourth-order valence-electron chi connectivity index (χ4n) is 1.17. The molecule has 0 aliphatic rings. The lowest BCUT2D eigenvalue weighted by Crippen LogP contribution is -2.08. The molecule has 78 valence electrons. The molecule has 5 heteroatoms. The maximum absolute atomic E-state index is 13.3. The highest BCUT2D eigenvalue weighted by Crippen LogP contribution is 2.30. The molecular formula is C9H10BrF2NO. The van der Waals surface area contributed by atoms with E-state index in [1.54, 1.807) is 7.05 Å². The van der Waals surface area contributed by atoms with E-state index in [-0.39, 0.29) is 10.2 Å². The van der Waals surface area contributed by atoms with Gasteiger partial charge in [-0.05, 0) is 29.0 Å². The summed E-state index contributed by atoms with van der Waals surface area (Å²) in [6, 6.07) is 1.49. The van der Waals surface area contributed by atoms with Gasteiger partial charge < -0.3 is 10.1 Å². The minimum Gasteiger partial charge on any atom is -0.493 e. The minimum atomic E-state index is -0.966. The molecule has 0 amide bonds. The van der Waals surface area contributed by atoms with Gasteiger partial charge in [0.05, 0.1) is 11.6 Å². The number of ether oxygens (including phenoxy) is 1. The number of halogens is 3. The van der Waals surface area contributed by atoms with Gasteiger partial charge in [0.1, 0.15) is 0 Å². The van der Waals surface area contributed by atoms with E-state index in [2.05, 4.69) is 21.2 Å². The van der Waals surface area contributed by atoms with Crippen LogP contribution >= 0.6 is 15.9 Å². The number of hydrogen-bond acceptors (Lipinski definition) is 2. The number of methoxy groups -OCH3 is 1. The summed E-state index contributed by atoms with van der Waals surface area (Å²) in [7, 11) is 3.03. The molecule has 0 saturated carbocycles. The van der Waals surface area contributed by atoms with Crippen molar-refractivity contribution in [3.63, 3.8) is 0 Å². The van der Waals surface area contributed by atoms with Crippen LogP contribution in [0.1, 0.15) is 5.56 Å². The Hall–Kier alpha value is -0.680. The van der Waals surface area contributed by atoms with Crippen molar-refractivity contribution in [1.82, 2.24) is 5.32 Å². The topological polar surface area (TPSA) is 21.3 Å². The van der Waals surface area contributed by atoms with Gasteiger partial charge in [-0.2, -0.15) is 4.39 Å². The van der Waals surface area contributed by atoms with Gasteiger partial charge in [0.2, 0.25) is 5.82 Å². The van der Waals surface area contributed by atoms with Crippen molar-refractivity contribution < 1.29 is 13.5 Å². The Morgan fingerprint density at radius 2 is 2.07 bits per heavy atom. The average Bonchev–Trinajstić information content (AvgIpc) is 2.16. The molecule has 0 radical (unpaired) electrons. The van der Waals surface area contributed by atoms with Gasteiger partial charge in [-0.1, -0.05) is 0 Å². The van der Waals surface area contributed by atoms with Gasteiger partial charge >= 0.3 is 0 Å². The van der Waals surface area contributed by atoms with Crippen molar-refractivity contribution >= 4 is 15.9 Å². The molecule has 1 N–H and O–H groups in total. The molecule has 0 fully saturated rings. The molecule has 0 atom stereocenters. The van der Waals surface area contributed by atoms with Crippen molar-refractivity contribution in [3.05, 3.63) is 27.7 Å². The fourth-order valence-corrected chi connectivity index (χ4v) is 1.62. The highest BCUT2D eigenvalue weighted by molar-refractivity contribution is 9.10. The van der Waals surface area contributed by atoms with Gasteiger partial charge in [0.25, 0.3) is 0 Å². The van der Waals surface area contributed by atoms with Crippen molar-refractivity contribution in [3.8, 4) is 5.75 Å². The summed E-state index contributed by atoms with van der Waals surface area (Å²) in [6.07, 6.45) is 0. The van der Waals surface area contributed by atoms with Crippen LogP contribution in [0, 0.1) is 11.6 Å². The third-order valence-corrected chi connectivity index (χ3v) is 2.34. The van der Waals surface area contributed by atoms with E-state index in [4.69, 9.17) is 4.74 Å². The van der Waals surface area contributed by atoms with Crippen LogP contribution in [-0.2, 0) is 6.54 Å². The lowest BCUT2D eigenvalue weighted by atomic mass is 10.2. The predicted molar refractivity (Wildman–Crippen MR) is 53.4 cm³/mol. The molecule has 2 nitrogen and oxygen atoms in total. The zero-order valence-electron chi connectivity index (χ0n) is 7.83. The third kappa shape index (κ3) is 2.04. The first kappa shape index (κ1) is 11.4. The predicted octanol–water partition coefficient (Wildman–Crippen LogP) is 2.46. The Morgan fingerprint density at radius 1 is 1.43 bits per heavy atom. The molecule has 0 saturated heterocycles. The van der Waals surface area contributed by atoms with Crippen LogP contribution in [0.5, 0.6) is 5.75 Å². The van der Waals surface area contributed by atoms with Crippen LogP contribution in [-0.4, -0.2) is 14.2 Å². The van der Waals surface area contributed by atoms with Gasteiger partial charge in [-0.25, -0.2) is 4.39 Å². The SMILES string of the molecule is CNCc1cc(Br)c(F)c(F)c1OC. The summed E-state index contributed by atoms with van der Waals surface area (Å²) in [5, 5.41) is 2.84. The minimum absolute atomic E-state index is 0.0555. The van der Waals surface area contributed by atoms with Gasteiger partial charge in [-0.15, -0.1) is 0 Å². The summed E-state index contributed by atoms with van der Waals surface area (Å²) < 4.78 is 31.3. The standard InChI is InChI=1S/C9H10BrF2NO/c1-13-4-5-3-6(10)7(11)8(12)9(5)14-2/h3,13H,4H2,1-2H3. The van der Waals surface area contributed by atoms with E-state index in [0.29, 0.717) is 12.1 Å². The van der Waals surface area contributed by atoms with E-state index < -0.39 is 11.6 Å². The molecule has 14 heavy (non-hydrogen) atoms. The number of benzene rings is 1. The molecule has 0 aliphatic heterocycles. The van der Waals surface area contributed by atoms with Gasteiger partial charge in [0.15, 0.2) is 11.6 Å². The van der Waals surface area contributed by atoms with Crippen LogP contribution in [0.15, 0.2) is 10.5 Å². The maximum atomic E-state index is 13.3. The Morgan fingerprint density at radius 3 is 2.57 bits per heavy atom. The first-order valence-corrected chi connectivity index (χ1v) is 4.76. The number of hydrogen-bond donors (Lipinski definition) is 1. The molecule has 0 spiro atoms. The Balaban J connectivity index is 3.28. The summed E-state index contributed by atoms with van der Waals surface area (Å²) >= 11 is 2.93. The monoisotopic (exact) mass is 265 g/mol. The van der Waals surface area contributed by atoms with Gasteiger partial charge in [0, 0.05) is 12.1 Å². The molecule has 0 unspecified atom stereocenters. The first-order chi connectivity index (χ1) is 6.61. The lowest BCUT2D eigenvalue weighted by Gasteiger charge is -2.10. The highest BCUT2D eigenvalue weighted by Gasteiger charge is 2.17. The first-order valence-electron chi connectivity index (χ1n) is 3.96.